The Balaban J connectivity index is 1.58. The van der Waals surface area contributed by atoms with Crippen LogP contribution in [0, 0.1) is 5.82 Å². The normalized spacial score (nSPS) is 16.8. The van der Waals surface area contributed by atoms with Gasteiger partial charge in [0.15, 0.2) is 5.13 Å². The first kappa shape index (κ1) is 16.9. The fourth-order valence-corrected chi connectivity index (χ4v) is 3.66. The van der Waals surface area contributed by atoms with Gasteiger partial charge >= 0.3 is 0 Å². The number of benzene rings is 1. The van der Waals surface area contributed by atoms with Gasteiger partial charge in [0.25, 0.3) is 0 Å². The first-order chi connectivity index (χ1) is 11.7. The van der Waals surface area contributed by atoms with Crippen molar-refractivity contribution in [1.82, 2.24) is 9.88 Å². The zero-order valence-corrected chi connectivity index (χ0v) is 14.4. The van der Waals surface area contributed by atoms with E-state index in [1.165, 1.54) is 12.1 Å². The molecule has 0 saturated carbocycles. The number of carbonyl (C=O) groups excluding carboxylic acids is 1. The predicted octanol–water partition coefficient (Wildman–Crippen LogP) is 2.82. The molecule has 1 saturated heterocycles. The van der Waals surface area contributed by atoms with Crippen LogP contribution in [-0.2, 0) is 4.79 Å². The van der Waals surface area contributed by atoms with Crippen molar-refractivity contribution in [2.45, 2.75) is 19.4 Å². The van der Waals surface area contributed by atoms with E-state index in [0.717, 1.165) is 37.7 Å². The molecule has 2 aromatic rings. The number of thiazole rings is 1. The van der Waals surface area contributed by atoms with Gasteiger partial charge in [-0.1, -0.05) is 6.92 Å². The third-order valence-corrected chi connectivity index (χ3v) is 5.08. The molecule has 1 atom stereocenters. The molecule has 7 heteroatoms. The van der Waals surface area contributed by atoms with Gasteiger partial charge in [0.2, 0.25) is 5.91 Å². The molecule has 1 aliphatic heterocycles. The molecule has 1 unspecified atom stereocenters. The van der Waals surface area contributed by atoms with Crippen LogP contribution in [0.25, 0.3) is 0 Å². The second kappa shape index (κ2) is 7.72. The van der Waals surface area contributed by atoms with Gasteiger partial charge in [0.1, 0.15) is 5.82 Å². The predicted molar refractivity (Wildman–Crippen MR) is 95.0 cm³/mol. The number of nitrogens with zero attached hydrogens (tertiary/aromatic N) is 3. The molecule has 3 rings (SSSR count). The number of hydrogen-bond donors (Lipinski definition) is 1. The quantitative estimate of drug-likeness (QED) is 0.903. The third-order valence-electron chi connectivity index (χ3n) is 4.25. The van der Waals surface area contributed by atoms with E-state index < -0.39 is 0 Å². The zero-order chi connectivity index (χ0) is 16.9. The van der Waals surface area contributed by atoms with Crippen LogP contribution in [0.5, 0.6) is 0 Å². The van der Waals surface area contributed by atoms with E-state index in [0.29, 0.717) is 5.69 Å². The summed E-state index contributed by atoms with van der Waals surface area (Å²) < 4.78 is 13.0. The maximum absolute atomic E-state index is 13.0. The lowest BCUT2D eigenvalue weighted by molar-refractivity contribution is -0.121. The van der Waals surface area contributed by atoms with Gasteiger partial charge in [0, 0.05) is 43.4 Å². The van der Waals surface area contributed by atoms with Crippen LogP contribution in [0.3, 0.4) is 0 Å². The second-order valence-electron chi connectivity index (χ2n) is 5.76. The number of carbonyl (C=O) groups is 1. The molecule has 1 aromatic heterocycles. The highest BCUT2D eigenvalue weighted by Crippen LogP contribution is 2.20. The van der Waals surface area contributed by atoms with E-state index >= 15 is 0 Å². The lowest BCUT2D eigenvalue weighted by Crippen LogP contribution is -2.53. The van der Waals surface area contributed by atoms with Crippen LogP contribution in [-0.4, -0.2) is 48.0 Å². The lowest BCUT2D eigenvalue weighted by Gasteiger charge is -2.38. The monoisotopic (exact) mass is 348 g/mol. The summed E-state index contributed by atoms with van der Waals surface area (Å²) in [5.41, 5.74) is 0.626. The van der Waals surface area contributed by atoms with Gasteiger partial charge in [0.05, 0.1) is 6.04 Å². The minimum atomic E-state index is -0.307. The van der Waals surface area contributed by atoms with Crippen molar-refractivity contribution in [3.63, 3.8) is 0 Å². The number of nitrogens with one attached hydrogen (secondary N) is 1. The summed E-state index contributed by atoms with van der Waals surface area (Å²) in [6, 6.07) is 5.70. The van der Waals surface area contributed by atoms with Crippen LogP contribution < -0.4 is 10.2 Å². The molecule has 0 bridgehead atoms. The van der Waals surface area contributed by atoms with Crippen molar-refractivity contribution in [3.05, 3.63) is 41.7 Å². The Morgan fingerprint density at radius 3 is 2.58 bits per heavy atom. The number of rotatable bonds is 5. The molecule has 128 valence electrons. The molecule has 1 N–H and O–H groups in total. The molecule has 2 heterocycles. The summed E-state index contributed by atoms with van der Waals surface area (Å²) in [7, 11) is 0. The van der Waals surface area contributed by atoms with Crippen molar-refractivity contribution < 1.29 is 9.18 Å². The first-order valence-corrected chi connectivity index (χ1v) is 9.00. The Morgan fingerprint density at radius 2 is 2.00 bits per heavy atom. The van der Waals surface area contributed by atoms with Crippen molar-refractivity contribution >= 4 is 28.1 Å². The van der Waals surface area contributed by atoms with Gasteiger partial charge in [-0.2, -0.15) is 0 Å². The fraction of sp³-hybridized carbons (Fsp3) is 0.412. The summed E-state index contributed by atoms with van der Waals surface area (Å²) in [4.78, 5) is 21.4. The van der Waals surface area contributed by atoms with Gasteiger partial charge in [-0.25, -0.2) is 9.37 Å². The van der Waals surface area contributed by atoms with Crippen molar-refractivity contribution in [2.75, 3.05) is 36.4 Å². The molecule has 0 spiro atoms. The standard InChI is InChI=1S/C17H21FN4OS/c1-2-15(16(23)20-14-5-3-13(18)4-6-14)21-8-10-22(11-9-21)17-19-7-12-24-17/h3-7,12,15H,2,8-11H2,1H3,(H,20,23). The fourth-order valence-electron chi connectivity index (χ4n) is 2.97. The molecule has 0 aliphatic carbocycles. The number of amides is 1. The Kier molecular flexibility index (Phi) is 5.42. The van der Waals surface area contributed by atoms with E-state index in [1.807, 2.05) is 18.5 Å². The average Bonchev–Trinajstić information content (AvgIpc) is 3.13. The van der Waals surface area contributed by atoms with Crippen molar-refractivity contribution in [3.8, 4) is 0 Å². The van der Waals surface area contributed by atoms with E-state index in [2.05, 4.69) is 20.1 Å². The minimum Gasteiger partial charge on any atom is -0.346 e. The van der Waals surface area contributed by atoms with Crippen LogP contribution in [0.4, 0.5) is 15.2 Å². The van der Waals surface area contributed by atoms with Gasteiger partial charge in [-0.15, -0.1) is 11.3 Å². The number of piperazine rings is 1. The highest BCUT2D eigenvalue weighted by atomic mass is 32.1. The average molecular weight is 348 g/mol. The molecule has 24 heavy (non-hydrogen) atoms. The molecular formula is C17H21FN4OS. The third kappa shape index (κ3) is 3.91. The van der Waals surface area contributed by atoms with E-state index in [4.69, 9.17) is 0 Å². The van der Waals surface area contributed by atoms with Crippen molar-refractivity contribution in [1.29, 1.82) is 0 Å². The van der Waals surface area contributed by atoms with Crippen LogP contribution in [0.15, 0.2) is 35.8 Å². The highest BCUT2D eigenvalue weighted by Gasteiger charge is 2.28. The van der Waals surface area contributed by atoms with E-state index in [-0.39, 0.29) is 17.8 Å². The molecule has 1 aliphatic rings. The molecule has 1 amide bonds. The summed E-state index contributed by atoms with van der Waals surface area (Å²) in [5, 5.41) is 5.90. The van der Waals surface area contributed by atoms with E-state index in [9.17, 15) is 9.18 Å². The number of anilines is 2. The van der Waals surface area contributed by atoms with Gasteiger partial charge in [-0.05, 0) is 30.7 Å². The molecule has 1 fully saturated rings. The smallest absolute Gasteiger partial charge is 0.241 e. The SMILES string of the molecule is CCC(C(=O)Nc1ccc(F)cc1)N1CCN(c2nccs2)CC1. The molecule has 1 aromatic carbocycles. The Hall–Kier alpha value is -1.99. The van der Waals surface area contributed by atoms with Crippen molar-refractivity contribution in [2.24, 2.45) is 0 Å². The van der Waals surface area contributed by atoms with Crippen LogP contribution in [0.1, 0.15) is 13.3 Å². The largest absolute Gasteiger partial charge is 0.346 e. The topological polar surface area (TPSA) is 48.5 Å². The van der Waals surface area contributed by atoms with Crippen LogP contribution in [0.2, 0.25) is 0 Å². The molecule has 0 radical (unpaired) electrons. The molecular weight excluding hydrogens is 327 g/mol. The first-order valence-electron chi connectivity index (χ1n) is 8.12. The van der Waals surface area contributed by atoms with Gasteiger partial charge in [-0.3, -0.25) is 9.69 Å². The maximum Gasteiger partial charge on any atom is 0.241 e. The minimum absolute atomic E-state index is 0.0354. The second-order valence-corrected chi connectivity index (χ2v) is 6.63. The van der Waals surface area contributed by atoms with Gasteiger partial charge < -0.3 is 10.2 Å². The van der Waals surface area contributed by atoms with E-state index in [1.54, 1.807) is 23.5 Å². The number of halogens is 1. The summed E-state index contributed by atoms with van der Waals surface area (Å²) in [6.45, 7) is 5.41. The number of aromatic nitrogens is 1. The zero-order valence-electron chi connectivity index (χ0n) is 13.6. The maximum atomic E-state index is 13.0. The Morgan fingerprint density at radius 1 is 1.29 bits per heavy atom. The molecule has 5 nitrogen and oxygen atoms in total. The Bertz CT molecular complexity index is 654. The lowest BCUT2D eigenvalue weighted by atomic mass is 10.1. The summed E-state index contributed by atoms with van der Waals surface area (Å²) in [5.74, 6) is -0.342. The summed E-state index contributed by atoms with van der Waals surface area (Å²) in [6.07, 6.45) is 2.56. The highest BCUT2D eigenvalue weighted by molar-refractivity contribution is 7.13. The summed E-state index contributed by atoms with van der Waals surface area (Å²) >= 11 is 1.64. The number of hydrogen-bond acceptors (Lipinski definition) is 5. The van der Waals surface area contributed by atoms with Crippen LogP contribution >= 0.6 is 11.3 Å². The Labute approximate surface area is 145 Å².